The van der Waals surface area contributed by atoms with Gasteiger partial charge in [0.2, 0.25) is 0 Å². The molecule has 1 saturated carbocycles. The monoisotopic (exact) mass is 240 g/mol. The molecule has 1 aliphatic carbocycles. The quantitative estimate of drug-likeness (QED) is 0.735. The third kappa shape index (κ3) is 3.96. The summed E-state index contributed by atoms with van der Waals surface area (Å²) in [4.78, 5) is 13.5. The van der Waals surface area contributed by atoms with Gasteiger partial charge in [-0.3, -0.25) is 4.79 Å². The fourth-order valence-electron chi connectivity index (χ4n) is 2.54. The minimum atomic E-state index is -0.699. The van der Waals surface area contributed by atoms with Gasteiger partial charge < -0.3 is 15.3 Å². The lowest BCUT2D eigenvalue weighted by Gasteiger charge is -2.21. The van der Waals surface area contributed by atoms with Gasteiger partial charge in [-0.25, -0.2) is 0 Å². The Morgan fingerprint density at radius 1 is 1.53 bits per heavy atom. The maximum atomic E-state index is 11.1. The molecule has 1 heterocycles. The fourth-order valence-corrected chi connectivity index (χ4v) is 2.54. The molecule has 98 valence electrons. The highest BCUT2D eigenvalue weighted by Crippen LogP contribution is 2.28. The van der Waals surface area contributed by atoms with Crippen molar-refractivity contribution in [3.05, 3.63) is 0 Å². The Balaban J connectivity index is 1.73. The second kappa shape index (κ2) is 4.94. The summed E-state index contributed by atoms with van der Waals surface area (Å²) in [6, 6.07) is 0.109. The highest BCUT2D eigenvalue weighted by molar-refractivity contribution is 5.73. The van der Waals surface area contributed by atoms with E-state index in [1.807, 2.05) is 0 Å². The second-order valence-corrected chi connectivity index (χ2v) is 6.31. The third-order valence-corrected chi connectivity index (χ3v) is 3.80. The van der Waals surface area contributed by atoms with Crippen LogP contribution >= 0.6 is 0 Å². The molecule has 0 radical (unpaired) electrons. The topological polar surface area (TPSA) is 52.6 Å². The average Bonchev–Trinajstić information content (AvgIpc) is 2.97. The number of rotatable bonds is 6. The van der Waals surface area contributed by atoms with E-state index < -0.39 is 5.97 Å². The zero-order valence-electron chi connectivity index (χ0n) is 10.9. The third-order valence-electron chi connectivity index (χ3n) is 3.80. The highest BCUT2D eigenvalue weighted by atomic mass is 16.4. The molecule has 2 N–H and O–H groups in total. The van der Waals surface area contributed by atoms with Crippen molar-refractivity contribution < 1.29 is 9.90 Å². The van der Waals surface area contributed by atoms with E-state index in [9.17, 15) is 4.79 Å². The molecule has 1 atom stereocenters. The van der Waals surface area contributed by atoms with Crippen LogP contribution in [-0.2, 0) is 4.79 Å². The van der Waals surface area contributed by atoms with E-state index in [0.717, 1.165) is 38.9 Å². The van der Waals surface area contributed by atoms with Crippen LogP contribution in [-0.4, -0.2) is 47.7 Å². The normalized spacial score (nSPS) is 26.0. The molecular weight excluding hydrogens is 216 g/mol. The van der Waals surface area contributed by atoms with Crippen LogP contribution in [0, 0.1) is 5.41 Å². The second-order valence-electron chi connectivity index (χ2n) is 6.31. The van der Waals surface area contributed by atoms with Crippen molar-refractivity contribution in [2.45, 2.75) is 51.6 Å². The van der Waals surface area contributed by atoms with Crippen LogP contribution in [0.5, 0.6) is 0 Å². The lowest BCUT2D eigenvalue weighted by atomic mass is 9.93. The Labute approximate surface area is 103 Å². The number of hydrogen-bond acceptors (Lipinski definition) is 3. The molecule has 1 unspecified atom stereocenters. The first-order valence-corrected chi connectivity index (χ1v) is 6.67. The van der Waals surface area contributed by atoms with Gasteiger partial charge in [0.1, 0.15) is 6.04 Å². The standard InChI is InChI=1S/C13H24N2O2/c1-13(2)6-8-15(9-13)7-5-11(12(16)17)14-10-3-4-10/h10-11,14H,3-9H2,1-2H3,(H,16,17). The van der Waals surface area contributed by atoms with Gasteiger partial charge in [-0.1, -0.05) is 13.8 Å². The van der Waals surface area contributed by atoms with E-state index in [4.69, 9.17) is 5.11 Å². The first-order valence-electron chi connectivity index (χ1n) is 6.67. The van der Waals surface area contributed by atoms with Gasteiger partial charge in [0.15, 0.2) is 0 Å². The molecule has 2 rings (SSSR count). The van der Waals surface area contributed by atoms with Crippen LogP contribution in [0.25, 0.3) is 0 Å². The summed E-state index contributed by atoms with van der Waals surface area (Å²) in [5, 5.41) is 12.4. The van der Waals surface area contributed by atoms with E-state index in [1.165, 1.54) is 6.42 Å². The van der Waals surface area contributed by atoms with Gasteiger partial charge in [-0.05, 0) is 37.6 Å². The Morgan fingerprint density at radius 2 is 2.24 bits per heavy atom. The summed E-state index contributed by atoms with van der Waals surface area (Å²) < 4.78 is 0. The number of nitrogens with zero attached hydrogens (tertiary/aromatic N) is 1. The Kier molecular flexibility index (Phi) is 3.73. The highest BCUT2D eigenvalue weighted by Gasteiger charge is 2.31. The minimum absolute atomic E-state index is 0.355. The predicted molar refractivity (Wildman–Crippen MR) is 67.0 cm³/mol. The number of likely N-dealkylation sites (tertiary alicyclic amines) is 1. The van der Waals surface area contributed by atoms with Crippen LogP contribution in [0.1, 0.15) is 39.5 Å². The Hall–Kier alpha value is -0.610. The number of carboxylic acids is 1. The van der Waals surface area contributed by atoms with Crippen molar-refractivity contribution in [1.82, 2.24) is 10.2 Å². The van der Waals surface area contributed by atoms with E-state index in [2.05, 4.69) is 24.1 Å². The van der Waals surface area contributed by atoms with Crippen molar-refractivity contribution in [2.24, 2.45) is 5.41 Å². The maximum absolute atomic E-state index is 11.1. The molecule has 0 aromatic heterocycles. The number of carboxylic acid groups (broad SMARTS) is 1. The van der Waals surface area contributed by atoms with Gasteiger partial charge in [0.05, 0.1) is 0 Å². The van der Waals surface area contributed by atoms with Crippen LogP contribution in [0.3, 0.4) is 0 Å². The zero-order chi connectivity index (χ0) is 12.5. The Morgan fingerprint density at radius 3 is 2.71 bits per heavy atom. The SMILES string of the molecule is CC1(C)CCN(CCC(NC2CC2)C(=O)O)C1. The van der Waals surface area contributed by atoms with Crippen LogP contribution in [0.15, 0.2) is 0 Å². The molecular formula is C13H24N2O2. The average molecular weight is 240 g/mol. The molecule has 1 saturated heterocycles. The van der Waals surface area contributed by atoms with Crippen molar-refractivity contribution in [3.8, 4) is 0 Å². The van der Waals surface area contributed by atoms with Crippen molar-refractivity contribution in [2.75, 3.05) is 19.6 Å². The van der Waals surface area contributed by atoms with Gasteiger partial charge in [0.25, 0.3) is 0 Å². The van der Waals surface area contributed by atoms with Crippen molar-refractivity contribution >= 4 is 5.97 Å². The maximum Gasteiger partial charge on any atom is 0.320 e. The van der Waals surface area contributed by atoms with Crippen molar-refractivity contribution in [1.29, 1.82) is 0 Å². The largest absolute Gasteiger partial charge is 0.480 e. The van der Waals surface area contributed by atoms with E-state index in [1.54, 1.807) is 0 Å². The molecule has 0 spiro atoms. The lowest BCUT2D eigenvalue weighted by molar-refractivity contribution is -0.139. The summed E-state index contributed by atoms with van der Waals surface area (Å²) in [7, 11) is 0. The molecule has 4 nitrogen and oxygen atoms in total. The van der Waals surface area contributed by atoms with E-state index in [0.29, 0.717) is 11.5 Å². The number of aliphatic carboxylic acids is 1. The summed E-state index contributed by atoms with van der Waals surface area (Å²) in [6.45, 7) is 7.68. The van der Waals surface area contributed by atoms with Crippen molar-refractivity contribution in [3.63, 3.8) is 0 Å². The number of carbonyl (C=O) groups is 1. The van der Waals surface area contributed by atoms with Gasteiger partial charge in [-0.15, -0.1) is 0 Å². The summed E-state index contributed by atoms with van der Waals surface area (Å²) in [5.41, 5.74) is 0.405. The van der Waals surface area contributed by atoms with Gasteiger partial charge in [-0.2, -0.15) is 0 Å². The first kappa shape index (κ1) is 12.8. The summed E-state index contributed by atoms with van der Waals surface area (Å²) in [5.74, 6) is -0.699. The van der Waals surface area contributed by atoms with Crippen LogP contribution in [0.4, 0.5) is 0 Å². The zero-order valence-corrected chi connectivity index (χ0v) is 10.9. The van der Waals surface area contributed by atoms with Crippen LogP contribution in [0.2, 0.25) is 0 Å². The summed E-state index contributed by atoms with van der Waals surface area (Å²) in [6.07, 6.45) is 4.23. The Bertz CT molecular complexity index is 287. The minimum Gasteiger partial charge on any atom is -0.480 e. The smallest absolute Gasteiger partial charge is 0.320 e. The number of hydrogen-bond donors (Lipinski definition) is 2. The molecule has 2 fully saturated rings. The summed E-state index contributed by atoms with van der Waals surface area (Å²) >= 11 is 0. The molecule has 1 aliphatic heterocycles. The molecule has 0 aromatic rings. The molecule has 0 aromatic carbocycles. The predicted octanol–water partition coefficient (Wildman–Crippen LogP) is 1.31. The van der Waals surface area contributed by atoms with E-state index >= 15 is 0 Å². The van der Waals surface area contributed by atoms with Gasteiger partial charge >= 0.3 is 5.97 Å². The van der Waals surface area contributed by atoms with E-state index in [-0.39, 0.29) is 6.04 Å². The molecule has 4 heteroatoms. The molecule has 0 amide bonds. The van der Waals surface area contributed by atoms with Crippen LogP contribution < -0.4 is 5.32 Å². The fraction of sp³-hybridized carbons (Fsp3) is 0.923. The molecule has 0 bridgehead atoms. The van der Waals surface area contributed by atoms with Gasteiger partial charge in [0, 0.05) is 19.1 Å². The first-order chi connectivity index (χ1) is 7.96. The lowest BCUT2D eigenvalue weighted by Crippen LogP contribution is -2.40. The number of nitrogens with one attached hydrogen (secondary N) is 1. The molecule has 2 aliphatic rings. The molecule has 17 heavy (non-hydrogen) atoms.